The predicted molar refractivity (Wildman–Crippen MR) is 104 cm³/mol. The quantitative estimate of drug-likeness (QED) is 0.283. The monoisotopic (exact) mass is 407 g/mol. The van der Waals surface area contributed by atoms with Crippen molar-refractivity contribution in [3.8, 4) is 0 Å². The zero-order valence-corrected chi connectivity index (χ0v) is 15.7. The van der Waals surface area contributed by atoms with Gasteiger partial charge in [0, 0.05) is 30.4 Å². The van der Waals surface area contributed by atoms with Crippen LogP contribution >= 0.6 is 11.6 Å². The molecule has 28 heavy (non-hydrogen) atoms. The van der Waals surface area contributed by atoms with Gasteiger partial charge in [-0.05, 0) is 36.4 Å². The summed E-state index contributed by atoms with van der Waals surface area (Å²) < 4.78 is 9.80. The van der Waals surface area contributed by atoms with E-state index >= 15 is 0 Å². The number of hydrogen-bond acceptors (Lipinski definition) is 7. The minimum Gasteiger partial charge on any atom is -0.452 e. The average molecular weight is 408 g/mol. The van der Waals surface area contributed by atoms with E-state index in [1.54, 1.807) is 24.3 Å². The second kappa shape index (κ2) is 10.2. The van der Waals surface area contributed by atoms with Crippen LogP contribution in [0.4, 0.5) is 17.1 Å². The van der Waals surface area contributed by atoms with Crippen LogP contribution in [0.25, 0.3) is 0 Å². The molecule has 0 aliphatic heterocycles. The molecule has 0 aliphatic rings. The maximum atomic E-state index is 12.1. The second-order valence-corrected chi connectivity index (χ2v) is 5.98. The maximum absolute atomic E-state index is 12.1. The Hall–Kier alpha value is -3.17. The van der Waals surface area contributed by atoms with Gasteiger partial charge in [-0.25, -0.2) is 4.79 Å². The highest BCUT2D eigenvalue weighted by molar-refractivity contribution is 6.30. The number of nitrogens with one attached hydrogen (secondary N) is 2. The van der Waals surface area contributed by atoms with Gasteiger partial charge in [0.1, 0.15) is 5.69 Å². The summed E-state index contributed by atoms with van der Waals surface area (Å²) in [5.74, 6) is -1.40. The van der Waals surface area contributed by atoms with Crippen molar-refractivity contribution in [1.29, 1.82) is 0 Å². The minimum atomic E-state index is -0.849. The number of benzene rings is 2. The summed E-state index contributed by atoms with van der Waals surface area (Å²) >= 11 is 5.76. The Bertz CT molecular complexity index is 857. The van der Waals surface area contributed by atoms with Crippen LogP contribution in [0, 0.1) is 10.1 Å². The minimum absolute atomic E-state index is 0.0386. The highest BCUT2D eigenvalue weighted by Crippen LogP contribution is 2.25. The molecule has 0 atom stereocenters. The van der Waals surface area contributed by atoms with Crippen LogP contribution in [0.5, 0.6) is 0 Å². The summed E-state index contributed by atoms with van der Waals surface area (Å²) in [5.41, 5.74) is 0.422. The molecular formula is C18H18ClN3O6. The zero-order chi connectivity index (χ0) is 20.5. The van der Waals surface area contributed by atoms with E-state index < -0.39 is 23.4 Å². The largest absolute Gasteiger partial charge is 0.452 e. The van der Waals surface area contributed by atoms with E-state index in [1.807, 2.05) is 0 Å². The Balaban J connectivity index is 1.97. The lowest BCUT2D eigenvalue weighted by Crippen LogP contribution is -2.21. The summed E-state index contributed by atoms with van der Waals surface area (Å²) in [5, 5.41) is 17.1. The molecule has 0 saturated heterocycles. The number of carbonyl (C=O) groups is 2. The first-order valence-corrected chi connectivity index (χ1v) is 8.52. The Morgan fingerprint density at radius 1 is 1.18 bits per heavy atom. The Morgan fingerprint density at radius 3 is 2.54 bits per heavy atom. The van der Waals surface area contributed by atoms with Crippen molar-refractivity contribution in [3.63, 3.8) is 0 Å². The molecule has 0 heterocycles. The van der Waals surface area contributed by atoms with Gasteiger partial charge >= 0.3 is 5.97 Å². The topological polar surface area (TPSA) is 120 Å². The third-order valence-electron chi connectivity index (χ3n) is 3.51. The van der Waals surface area contributed by atoms with Crippen molar-refractivity contribution in [2.45, 2.75) is 0 Å². The molecule has 10 heteroatoms. The normalized spacial score (nSPS) is 10.2. The summed E-state index contributed by atoms with van der Waals surface area (Å²) in [6, 6.07) is 10.3. The van der Waals surface area contributed by atoms with Gasteiger partial charge in [-0.15, -0.1) is 0 Å². The number of methoxy groups -OCH3 is 1. The second-order valence-electron chi connectivity index (χ2n) is 5.54. The number of nitro benzene ring substituents is 1. The number of nitrogens with zero attached hydrogens (tertiary/aromatic N) is 1. The molecule has 9 nitrogen and oxygen atoms in total. The number of rotatable bonds is 9. The standard InChI is InChI=1S/C18H18ClN3O6/c1-27-9-8-20-15-7-2-12(10-16(15)22(25)26)18(24)28-11-17(23)21-14-5-3-13(19)4-6-14/h2-7,10,20H,8-9,11H2,1H3,(H,21,23). The van der Waals surface area contributed by atoms with Gasteiger partial charge in [-0.1, -0.05) is 11.6 Å². The number of nitro groups is 1. The molecule has 0 aliphatic carbocycles. The molecule has 148 valence electrons. The number of anilines is 2. The molecule has 2 aromatic carbocycles. The number of halogens is 1. The van der Waals surface area contributed by atoms with Crippen LogP contribution in [-0.2, 0) is 14.3 Å². The molecular weight excluding hydrogens is 390 g/mol. The van der Waals surface area contributed by atoms with Crippen molar-refractivity contribution in [2.24, 2.45) is 0 Å². The number of hydrogen-bond donors (Lipinski definition) is 2. The summed E-state index contributed by atoms with van der Waals surface area (Å²) in [6.07, 6.45) is 0. The van der Waals surface area contributed by atoms with E-state index in [2.05, 4.69) is 10.6 Å². The highest BCUT2D eigenvalue weighted by atomic mass is 35.5. The Labute approximate surface area is 165 Å². The van der Waals surface area contributed by atoms with E-state index in [-0.39, 0.29) is 16.9 Å². The van der Waals surface area contributed by atoms with Crippen LogP contribution in [0.2, 0.25) is 5.02 Å². The van der Waals surface area contributed by atoms with Gasteiger partial charge in [-0.3, -0.25) is 14.9 Å². The molecule has 0 aromatic heterocycles. The third kappa shape index (κ3) is 6.22. The summed E-state index contributed by atoms with van der Waals surface area (Å²) in [4.78, 5) is 34.6. The van der Waals surface area contributed by atoms with Crippen molar-refractivity contribution < 1.29 is 24.0 Å². The Kier molecular flexibility index (Phi) is 7.73. The lowest BCUT2D eigenvalue weighted by molar-refractivity contribution is -0.384. The van der Waals surface area contributed by atoms with Gasteiger partial charge in [0.2, 0.25) is 0 Å². The van der Waals surface area contributed by atoms with Crippen molar-refractivity contribution in [2.75, 3.05) is 37.5 Å². The molecule has 0 bridgehead atoms. The van der Waals surface area contributed by atoms with E-state index in [0.717, 1.165) is 6.07 Å². The van der Waals surface area contributed by atoms with Crippen LogP contribution in [0.1, 0.15) is 10.4 Å². The van der Waals surface area contributed by atoms with Gasteiger partial charge in [0.15, 0.2) is 6.61 Å². The van der Waals surface area contributed by atoms with Crippen LogP contribution in [0.15, 0.2) is 42.5 Å². The maximum Gasteiger partial charge on any atom is 0.338 e. The average Bonchev–Trinajstić information content (AvgIpc) is 2.68. The van der Waals surface area contributed by atoms with Gasteiger partial charge < -0.3 is 20.1 Å². The molecule has 1 amide bonds. The molecule has 0 fully saturated rings. The fraction of sp³-hybridized carbons (Fsp3) is 0.222. The third-order valence-corrected chi connectivity index (χ3v) is 3.77. The fourth-order valence-electron chi connectivity index (χ4n) is 2.19. The van der Waals surface area contributed by atoms with Gasteiger partial charge in [0.05, 0.1) is 17.1 Å². The molecule has 0 spiro atoms. The molecule has 2 rings (SSSR count). The van der Waals surface area contributed by atoms with Gasteiger partial charge in [-0.2, -0.15) is 0 Å². The first-order valence-electron chi connectivity index (χ1n) is 8.14. The first kappa shape index (κ1) is 21.1. The Morgan fingerprint density at radius 2 is 1.89 bits per heavy atom. The number of esters is 1. The number of ether oxygens (including phenoxy) is 2. The van der Waals surface area contributed by atoms with Gasteiger partial charge in [0.25, 0.3) is 11.6 Å². The molecule has 2 N–H and O–H groups in total. The van der Waals surface area contributed by atoms with Crippen molar-refractivity contribution >= 4 is 40.5 Å². The predicted octanol–water partition coefficient (Wildman–Crippen LogP) is 3.10. The van der Waals surface area contributed by atoms with Crippen LogP contribution in [0.3, 0.4) is 0 Å². The van der Waals surface area contributed by atoms with Crippen molar-refractivity contribution in [3.05, 3.63) is 63.2 Å². The smallest absolute Gasteiger partial charge is 0.338 e. The van der Waals surface area contributed by atoms with E-state index in [4.69, 9.17) is 21.1 Å². The zero-order valence-electron chi connectivity index (χ0n) is 14.9. The molecule has 2 aromatic rings. The lowest BCUT2D eigenvalue weighted by Gasteiger charge is -2.09. The van der Waals surface area contributed by atoms with Crippen LogP contribution < -0.4 is 10.6 Å². The SMILES string of the molecule is COCCNc1ccc(C(=O)OCC(=O)Nc2ccc(Cl)cc2)cc1[N+](=O)[O-]. The van der Waals surface area contributed by atoms with E-state index in [0.29, 0.717) is 23.9 Å². The highest BCUT2D eigenvalue weighted by Gasteiger charge is 2.19. The molecule has 0 unspecified atom stereocenters. The van der Waals surface area contributed by atoms with Crippen molar-refractivity contribution in [1.82, 2.24) is 0 Å². The number of amides is 1. The summed E-state index contributed by atoms with van der Waals surface area (Å²) in [7, 11) is 1.51. The van der Waals surface area contributed by atoms with E-state index in [9.17, 15) is 19.7 Å². The van der Waals surface area contributed by atoms with E-state index in [1.165, 1.54) is 19.2 Å². The number of carbonyl (C=O) groups excluding carboxylic acids is 2. The lowest BCUT2D eigenvalue weighted by atomic mass is 10.1. The van der Waals surface area contributed by atoms with Crippen LogP contribution in [-0.4, -0.2) is 43.7 Å². The summed E-state index contributed by atoms with van der Waals surface area (Å²) in [6.45, 7) is 0.193. The first-order chi connectivity index (χ1) is 13.4. The molecule has 0 saturated carbocycles. The fourth-order valence-corrected chi connectivity index (χ4v) is 2.32. The molecule has 0 radical (unpaired) electrons.